The van der Waals surface area contributed by atoms with E-state index in [1.807, 2.05) is 63.2 Å². The van der Waals surface area contributed by atoms with E-state index in [1.54, 1.807) is 12.3 Å². The number of likely N-dealkylation sites (N-methyl/N-ethyl adjacent to an activating group) is 1. The molecule has 2 N–H and O–H groups in total. The first-order chi connectivity index (χ1) is 24.4. The minimum atomic E-state index is -3.35. The number of amides is 2. The van der Waals surface area contributed by atoms with E-state index in [9.17, 15) is 23.8 Å². The van der Waals surface area contributed by atoms with Crippen LogP contribution in [0.3, 0.4) is 0 Å². The number of nitrogens with zero attached hydrogens (tertiary/aromatic N) is 3. The molecule has 292 valence electrons. The molecule has 0 saturated carbocycles. The molecule has 0 spiro atoms. The number of ketones is 1. The molecule has 1 saturated heterocycles. The van der Waals surface area contributed by atoms with Crippen LogP contribution in [0.25, 0.3) is 0 Å². The molecule has 3 rings (SSSR count). The summed E-state index contributed by atoms with van der Waals surface area (Å²) in [6, 6.07) is 9.07. The van der Waals surface area contributed by atoms with E-state index >= 15 is 0 Å². The molecule has 0 radical (unpaired) electrons. The minimum absolute atomic E-state index is 0.0134. The zero-order valence-electron chi connectivity index (χ0n) is 33.2. The van der Waals surface area contributed by atoms with E-state index in [-0.39, 0.29) is 65.8 Å². The molecule has 1 aliphatic heterocycles. The van der Waals surface area contributed by atoms with Crippen molar-refractivity contribution in [2.75, 3.05) is 27.3 Å². The molecule has 1 aliphatic rings. The highest BCUT2D eigenvalue weighted by Crippen LogP contribution is 2.44. The SMILES string of the molecule is CC[C@H](C)[C@H](CC(=O)[C@H]1CCCCN1C)C(=O)N(C)[C@H](C[C@@H](OC(C)C)c1nc(C(=O)N[C@@H](Cc2ccccc2)CC(C)P(C)(=O)O)cs1)C(C)C. The lowest BCUT2D eigenvalue weighted by Gasteiger charge is -2.38. The first-order valence-corrected chi connectivity index (χ1v) is 22.2. The molecule has 2 amide bonds. The van der Waals surface area contributed by atoms with Crippen molar-refractivity contribution in [1.29, 1.82) is 0 Å². The van der Waals surface area contributed by atoms with Gasteiger partial charge in [0.15, 0.2) is 13.2 Å². The second kappa shape index (κ2) is 20.3. The monoisotopic (exact) mass is 760 g/mol. The number of carbonyl (C=O) groups excluding carboxylic acids is 3. The van der Waals surface area contributed by atoms with Gasteiger partial charge in [-0.1, -0.05) is 77.8 Å². The predicted molar refractivity (Wildman–Crippen MR) is 211 cm³/mol. The topological polar surface area (TPSA) is 129 Å². The summed E-state index contributed by atoms with van der Waals surface area (Å²) in [6.45, 7) is 16.3. The van der Waals surface area contributed by atoms with Crippen molar-refractivity contribution in [2.45, 2.75) is 136 Å². The smallest absolute Gasteiger partial charge is 0.270 e. The van der Waals surface area contributed by atoms with Crippen molar-refractivity contribution >= 4 is 36.3 Å². The molecule has 52 heavy (non-hydrogen) atoms. The zero-order chi connectivity index (χ0) is 38.7. The molecular formula is C40H65N4O6PS. The number of benzene rings is 1. The maximum atomic E-state index is 14.3. The van der Waals surface area contributed by atoms with Crippen LogP contribution < -0.4 is 5.32 Å². The van der Waals surface area contributed by atoms with Gasteiger partial charge in [0.2, 0.25) is 5.91 Å². The number of aromatic nitrogens is 1. The van der Waals surface area contributed by atoms with Gasteiger partial charge in [-0.3, -0.25) is 23.8 Å². The molecule has 1 aromatic carbocycles. The summed E-state index contributed by atoms with van der Waals surface area (Å²) < 4.78 is 18.9. The quantitative estimate of drug-likeness (QED) is 0.132. The number of carbonyl (C=O) groups is 3. The Balaban J connectivity index is 1.82. The van der Waals surface area contributed by atoms with Gasteiger partial charge in [-0.2, -0.15) is 0 Å². The number of rotatable bonds is 20. The normalized spacial score (nSPS) is 20.1. The van der Waals surface area contributed by atoms with Crippen LogP contribution in [-0.2, 0) is 25.3 Å². The van der Waals surface area contributed by atoms with E-state index in [0.717, 1.165) is 37.8 Å². The Morgan fingerprint density at radius 1 is 1.10 bits per heavy atom. The van der Waals surface area contributed by atoms with Crippen molar-refractivity contribution in [3.05, 3.63) is 52.0 Å². The maximum Gasteiger partial charge on any atom is 0.270 e. The summed E-state index contributed by atoms with van der Waals surface area (Å²) in [4.78, 5) is 60.5. The van der Waals surface area contributed by atoms with Crippen molar-refractivity contribution in [2.24, 2.45) is 17.8 Å². The number of hydrogen-bond acceptors (Lipinski definition) is 8. The van der Waals surface area contributed by atoms with Crippen molar-refractivity contribution in [3.8, 4) is 0 Å². The summed E-state index contributed by atoms with van der Waals surface area (Å²) in [5, 5.41) is 5.47. The fourth-order valence-electron chi connectivity index (χ4n) is 7.21. The van der Waals surface area contributed by atoms with Crippen molar-refractivity contribution < 1.29 is 28.6 Å². The van der Waals surface area contributed by atoms with Crippen LogP contribution in [0.1, 0.15) is 121 Å². The second-order valence-electron chi connectivity index (χ2n) is 15.8. The van der Waals surface area contributed by atoms with Gasteiger partial charge in [-0.25, -0.2) is 4.98 Å². The standard InChI is InChI=1S/C40H65N4O6PS/c1-11-28(6)32(23-36(45)34-19-15-16-20-43(34)8)40(47)44(9)35(26(2)3)24-37(50-27(4)5)39-42-33(25-52-39)38(46)41-31(21-29(7)51(10,48)49)22-30-17-13-12-14-18-30/h12-14,17-18,25-29,31-32,34-35,37H,11,15-16,19-24H2,1-10H3,(H,41,46)(H,48,49)/t28-,29?,31+,32-,34+,35+,37+/m0/s1. The van der Waals surface area contributed by atoms with Gasteiger partial charge >= 0.3 is 0 Å². The highest BCUT2D eigenvalue weighted by atomic mass is 32.1. The molecule has 2 aromatic rings. The third-order valence-electron chi connectivity index (χ3n) is 10.9. The average molecular weight is 761 g/mol. The van der Waals surface area contributed by atoms with E-state index in [2.05, 4.69) is 37.9 Å². The Bertz CT molecular complexity index is 1480. The lowest BCUT2D eigenvalue weighted by Crippen LogP contribution is -2.48. The Morgan fingerprint density at radius 3 is 2.35 bits per heavy atom. The van der Waals surface area contributed by atoms with E-state index in [0.29, 0.717) is 24.3 Å². The molecule has 1 fully saturated rings. The third kappa shape index (κ3) is 12.9. The average Bonchev–Trinajstić information content (AvgIpc) is 3.58. The van der Waals surface area contributed by atoms with Gasteiger partial charge in [-0.05, 0) is 70.5 Å². The summed E-state index contributed by atoms with van der Waals surface area (Å²) in [5.74, 6) is -0.461. The number of piperidine rings is 1. The van der Waals surface area contributed by atoms with Crippen LogP contribution in [0.15, 0.2) is 35.7 Å². The number of nitrogens with one attached hydrogen (secondary N) is 1. The molecular weight excluding hydrogens is 696 g/mol. The summed E-state index contributed by atoms with van der Waals surface area (Å²) in [6.07, 6.45) is 4.78. The van der Waals surface area contributed by atoms with Crippen LogP contribution in [0, 0.1) is 17.8 Å². The van der Waals surface area contributed by atoms with Gasteiger partial charge in [0.05, 0.1) is 12.1 Å². The lowest BCUT2D eigenvalue weighted by atomic mass is 9.83. The van der Waals surface area contributed by atoms with Gasteiger partial charge in [0.1, 0.15) is 16.8 Å². The van der Waals surface area contributed by atoms with Crippen molar-refractivity contribution in [3.63, 3.8) is 0 Å². The lowest BCUT2D eigenvalue weighted by molar-refractivity contribution is -0.143. The van der Waals surface area contributed by atoms with Gasteiger partial charge < -0.3 is 19.8 Å². The minimum Gasteiger partial charge on any atom is -0.368 e. The van der Waals surface area contributed by atoms with Crippen LogP contribution in [0.2, 0.25) is 0 Å². The number of Topliss-reactive ketones (excluding diaryl/α,β-unsaturated/α-hetero) is 1. The van der Waals surface area contributed by atoms with E-state index in [1.165, 1.54) is 18.0 Å². The Kier molecular flexibility index (Phi) is 17.2. The second-order valence-corrected chi connectivity index (χ2v) is 19.4. The molecule has 0 aliphatic carbocycles. The number of thiazole rings is 1. The Labute approximate surface area is 316 Å². The summed E-state index contributed by atoms with van der Waals surface area (Å²) >= 11 is 1.36. The molecule has 10 nitrogen and oxygen atoms in total. The van der Waals surface area contributed by atoms with Crippen LogP contribution >= 0.6 is 18.7 Å². The largest absolute Gasteiger partial charge is 0.368 e. The van der Waals surface area contributed by atoms with Gasteiger partial charge in [-0.15, -0.1) is 11.3 Å². The number of likely N-dealkylation sites (tertiary alicyclic amines) is 1. The van der Waals surface area contributed by atoms with E-state index in [4.69, 9.17) is 9.72 Å². The summed E-state index contributed by atoms with van der Waals surface area (Å²) in [5.41, 5.74) is 0.795. The van der Waals surface area contributed by atoms with Crippen LogP contribution in [-0.4, -0.2) is 94.5 Å². The molecule has 0 bridgehead atoms. The fraction of sp³-hybridized carbons (Fsp3) is 0.700. The predicted octanol–water partition coefficient (Wildman–Crippen LogP) is 7.61. The summed E-state index contributed by atoms with van der Waals surface area (Å²) in [7, 11) is 0.511. The van der Waals surface area contributed by atoms with Gasteiger partial charge in [0, 0.05) is 55.6 Å². The zero-order valence-corrected chi connectivity index (χ0v) is 34.9. The third-order valence-corrected chi connectivity index (χ3v) is 13.6. The highest BCUT2D eigenvalue weighted by molar-refractivity contribution is 7.57. The molecule has 12 heteroatoms. The fourth-order valence-corrected chi connectivity index (χ4v) is 8.71. The number of hydrogen-bond donors (Lipinski definition) is 2. The van der Waals surface area contributed by atoms with Crippen molar-refractivity contribution in [1.82, 2.24) is 20.1 Å². The first-order valence-electron chi connectivity index (χ1n) is 19.2. The van der Waals surface area contributed by atoms with Crippen LogP contribution in [0.4, 0.5) is 0 Å². The number of ether oxygens (including phenoxy) is 1. The first kappa shape index (κ1) is 44.0. The molecule has 2 unspecified atom stereocenters. The van der Waals surface area contributed by atoms with E-state index < -0.39 is 25.0 Å². The Hall–Kier alpha value is -2.43. The van der Waals surface area contributed by atoms with Crippen LogP contribution in [0.5, 0.6) is 0 Å². The molecule has 1 aromatic heterocycles. The molecule has 2 heterocycles. The Morgan fingerprint density at radius 2 is 1.77 bits per heavy atom. The highest BCUT2D eigenvalue weighted by Gasteiger charge is 2.37. The maximum absolute atomic E-state index is 14.3. The van der Waals surface area contributed by atoms with Gasteiger partial charge in [0.25, 0.3) is 5.91 Å². The molecule has 8 atom stereocenters.